The van der Waals surface area contributed by atoms with Gasteiger partial charge >= 0.3 is 0 Å². The first kappa shape index (κ1) is 25.4. The summed E-state index contributed by atoms with van der Waals surface area (Å²) in [5.74, 6) is 0.0441. The smallest absolute Gasteiger partial charge is 0.261 e. The molecule has 0 saturated carbocycles. The summed E-state index contributed by atoms with van der Waals surface area (Å²) in [5.41, 5.74) is 1.59. The van der Waals surface area contributed by atoms with Gasteiger partial charge in [-0.3, -0.25) is 9.59 Å². The van der Waals surface area contributed by atoms with E-state index < -0.39 is 6.04 Å². The third-order valence-corrected chi connectivity index (χ3v) is 5.16. The monoisotopic (exact) mass is 442 g/mol. The molecule has 0 bridgehead atoms. The summed E-state index contributed by atoms with van der Waals surface area (Å²) in [6, 6.07) is 12.9. The maximum absolute atomic E-state index is 13.3. The van der Waals surface area contributed by atoms with Gasteiger partial charge in [-0.1, -0.05) is 65.0 Å². The lowest BCUT2D eigenvalue weighted by Crippen LogP contribution is -2.49. The van der Waals surface area contributed by atoms with Crippen LogP contribution in [0.15, 0.2) is 48.5 Å². The second-order valence-corrected chi connectivity index (χ2v) is 9.50. The van der Waals surface area contributed by atoms with Gasteiger partial charge in [0.1, 0.15) is 17.6 Å². The summed E-state index contributed by atoms with van der Waals surface area (Å²) in [6.07, 6.45) is 0. The van der Waals surface area contributed by atoms with Crippen LogP contribution in [0.3, 0.4) is 0 Å². The van der Waals surface area contributed by atoms with E-state index >= 15 is 0 Å². The average Bonchev–Trinajstić information content (AvgIpc) is 2.74. The molecule has 174 valence electrons. The number of carbonyl (C=O) groups excluding carboxylic acids is 2. The van der Waals surface area contributed by atoms with E-state index in [9.17, 15) is 14.0 Å². The number of hydrogen-bond acceptors (Lipinski definition) is 3. The summed E-state index contributed by atoms with van der Waals surface area (Å²) in [5, 5.41) is 2.88. The van der Waals surface area contributed by atoms with Crippen LogP contribution in [-0.2, 0) is 21.5 Å². The van der Waals surface area contributed by atoms with Gasteiger partial charge in [0, 0.05) is 13.1 Å². The van der Waals surface area contributed by atoms with Gasteiger partial charge in [-0.15, -0.1) is 0 Å². The minimum absolute atomic E-state index is 0.141. The Morgan fingerprint density at radius 1 is 1.03 bits per heavy atom. The zero-order valence-corrected chi connectivity index (χ0v) is 19.9. The average molecular weight is 443 g/mol. The first-order chi connectivity index (χ1) is 15.0. The van der Waals surface area contributed by atoms with Gasteiger partial charge in [0.15, 0.2) is 6.61 Å². The number of benzene rings is 2. The maximum atomic E-state index is 13.3. The van der Waals surface area contributed by atoms with Crippen LogP contribution in [0.1, 0.15) is 52.7 Å². The van der Waals surface area contributed by atoms with Crippen LogP contribution in [0.2, 0.25) is 0 Å². The van der Waals surface area contributed by atoms with Crippen LogP contribution < -0.4 is 10.1 Å². The largest absolute Gasteiger partial charge is 0.483 e. The Kier molecular flexibility index (Phi) is 8.81. The van der Waals surface area contributed by atoms with Crippen molar-refractivity contribution in [2.24, 2.45) is 5.92 Å². The van der Waals surface area contributed by atoms with Gasteiger partial charge < -0.3 is 15.0 Å². The molecule has 2 aromatic rings. The van der Waals surface area contributed by atoms with Crippen molar-refractivity contribution in [3.63, 3.8) is 0 Å². The lowest BCUT2D eigenvalue weighted by atomic mass is 9.86. The number of nitrogens with zero attached hydrogens (tertiary/aromatic N) is 1. The van der Waals surface area contributed by atoms with Crippen molar-refractivity contribution in [3.8, 4) is 5.75 Å². The van der Waals surface area contributed by atoms with Crippen molar-refractivity contribution in [1.29, 1.82) is 0 Å². The van der Waals surface area contributed by atoms with Gasteiger partial charge in [0.2, 0.25) is 5.91 Å². The highest BCUT2D eigenvalue weighted by Crippen LogP contribution is 2.31. The van der Waals surface area contributed by atoms with E-state index in [0.29, 0.717) is 18.2 Å². The summed E-state index contributed by atoms with van der Waals surface area (Å²) in [7, 11) is 0. The van der Waals surface area contributed by atoms with Crippen molar-refractivity contribution in [2.75, 3.05) is 13.2 Å². The highest BCUT2D eigenvalue weighted by molar-refractivity contribution is 5.88. The molecular weight excluding hydrogens is 407 g/mol. The first-order valence-corrected chi connectivity index (χ1v) is 11.0. The van der Waals surface area contributed by atoms with Gasteiger partial charge in [-0.05, 0) is 47.6 Å². The van der Waals surface area contributed by atoms with Crippen LogP contribution in [0.4, 0.5) is 4.39 Å². The fourth-order valence-corrected chi connectivity index (χ4v) is 3.26. The Hall–Kier alpha value is -2.89. The highest BCUT2D eigenvalue weighted by Gasteiger charge is 2.27. The predicted molar refractivity (Wildman–Crippen MR) is 125 cm³/mol. The SMILES string of the molecule is CC(C)CNC(=O)[C@H](C)N(Cc1ccc(F)cc1)C(=O)COc1ccccc1C(C)(C)C. The Labute approximate surface area is 191 Å². The molecule has 1 N–H and O–H groups in total. The number of halogens is 1. The molecule has 2 rings (SSSR count). The van der Waals surface area contributed by atoms with Crippen LogP contribution in [0.5, 0.6) is 5.75 Å². The molecule has 2 amide bonds. The molecule has 0 heterocycles. The van der Waals surface area contributed by atoms with Crippen molar-refractivity contribution in [1.82, 2.24) is 10.2 Å². The van der Waals surface area contributed by atoms with E-state index in [1.54, 1.807) is 19.1 Å². The molecule has 0 radical (unpaired) electrons. The van der Waals surface area contributed by atoms with Crippen molar-refractivity contribution >= 4 is 11.8 Å². The Bertz CT molecular complexity index is 904. The molecule has 0 aromatic heterocycles. The number of carbonyl (C=O) groups is 2. The maximum Gasteiger partial charge on any atom is 0.261 e. The number of para-hydroxylation sites is 1. The Morgan fingerprint density at radius 3 is 2.25 bits per heavy atom. The van der Waals surface area contributed by atoms with Crippen LogP contribution in [0, 0.1) is 11.7 Å². The van der Waals surface area contributed by atoms with Crippen LogP contribution >= 0.6 is 0 Å². The van der Waals surface area contributed by atoms with Gasteiger partial charge in [0.05, 0.1) is 0 Å². The molecule has 2 aromatic carbocycles. The lowest BCUT2D eigenvalue weighted by molar-refractivity contribution is -0.142. The summed E-state index contributed by atoms with van der Waals surface area (Å²) in [4.78, 5) is 27.3. The minimum atomic E-state index is -0.701. The standard InChI is InChI=1S/C26H35FN2O3/c1-18(2)15-28-25(31)19(3)29(16-20-11-13-21(27)14-12-20)24(30)17-32-23-10-8-7-9-22(23)26(4,5)6/h7-14,18-19H,15-17H2,1-6H3,(H,28,31)/t19-/m0/s1. The van der Waals surface area contributed by atoms with Crippen molar-refractivity contribution in [3.05, 3.63) is 65.5 Å². The molecular formula is C26H35FN2O3. The van der Waals surface area contributed by atoms with Crippen LogP contribution in [0.25, 0.3) is 0 Å². The first-order valence-electron chi connectivity index (χ1n) is 11.0. The summed E-state index contributed by atoms with van der Waals surface area (Å²) >= 11 is 0. The van der Waals surface area contributed by atoms with Crippen molar-refractivity contribution in [2.45, 2.75) is 59.5 Å². The number of nitrogens with one attached hydrogen (secondary N) is 1. The van der Waals surface area contributed by atoms with Gasteiger partial charge in [-0.25, -0.2) is 4.39 Å². The molecule has 1 atom stereocenters. The Morgan fingerprint density at radius 2 is 1.66 bits per heavy atom. The second kappa shape index (κ2) is 11.1. The van der Waals surface area contributed by atoms with Crippen molar-refractivity contribution < 1.29 is 18.7 Å². The molecule has 0 spiro atoms. The van der Waals surface area contributed by atoms with E-state index in [-0.39, 0.29) is 36.2 Å². The fraction of sp³-hybridized carbons (Fsp3) is 0.462. The number of ether oxygens (including phenoxy) is 1. The van der Waals surface area contributed by atoms with Gasteiger partial charge in [-0.2, -0.15) is 0 Å². The molecule has 6 heteroatoms. The molecule has 0 unspecified atom stereocenters. The van der Waals surface area contributed by atoms with Crippen LogP contribution in [-0.4, -0.2) is 35.9 Å². The quantitative estimate of drug-likeness (QED) is 0.613. The lowest BCUT2D eigenvalue weighted by Gasteiger charge is -2.29. The zero-order valence-electron chi connectivity index (χ0n) is 19.9. The summed E-state index contributed by atoms with van der Waals surface area (Å²) in [6.45, 7) is 12.5. The molecule has 0 aliphatic rings. The molecule has 0 saturated heterocycles. The minimum Gasteiger partial charge on any atom is -0.483 e. The molecule has 0 aliphatic heterocycles. The summed E-state index contributed by atoms with van der Waals surface area (Å²) < 4.78 is 19.2. The van der Waals surface area contributed by atoms with E-state index in [2.05, 4.69) is 26.1 Å². The Balaban J connectivity index is 2.20. The third-order valence-electron chi connectivity index (χ3n) is 5.16. The molecule has 0 aliphatic carbocycles. The number of amides is 2. The predicted octanol–water partition coefficient (Wildman–Crippen LogP) is 4.69. The fourth-order valence-electron chi connectivity index (χ4n) is 3.26. The van der Waals surface area contributed by atoms with E-state index in [4.69, 9.17) is 4.74 Å². The van der Waals surface area contributed by atoms with Gasteiger partial charge in [0.25, 0.3) is 5.91 Å². The van der Waals surface area contributed by atoms with E-state index in [0.717, 1.165) is 11.1 Å². The molecule has 5 nitrogen and oxygen atoms in total. The number of hydrogen-bond donors (Lipinski definition) is 1. The molecule has 0 fully saturated rings. The third kappa shape index (κ3) is 7.36. The second-order valence-electron chi connectivity index (χ2n) is 9.50. The molecule has 32 heavy (non-hydrogen) atoms. The zero-order chi connectivity index (χ0) is 23.9. The topological polar surface area (TPSA) is 58.6 Å². The van der Waals surface area contributed by atoms with E-state index in [1.807, 2.05) is 38.1 Å². The number of rotatable bonds is 9. The normalized spacial score (nSPS) is 12.4. The highest BCUT2D eigenvalue weighted by atomic mass is 19.1. The van der Waals surface area contributed by atoms with E-state index in [1.165, 1.54) is 17.0 Å².